The number of aryl methyl sites for hydroxylation is 2. The number of nitrogen functional groups attached to an aromatic ring is 1. The summed E-state index contributed by atoms with van der Waals surface area (Å²) in [5.74, 6) is -2.30. The number of nitrogens with zero attached hydrogens (tertiary/aromatic N) is 1. The number of nitrogens with one attached hydrogen (secondary N) is 1. The van der Waals surface area contributed by atoms with E-state index in [1.807, 2.05) is 0 Å². The summed E-state index contributed by atoms with van der Waals surface area (Å²) in [6.45, 7) is 3.09. The van der Waals surface area contributed by atoms with Crippen molar-refractivity contribution in [3.63, 3.8) is 0 Å². The highest BCUT2D eigenvalue weighted by molar-refractivity contribution is 6.05. The molecule has 104 valence electrons. The Labute approximate surface area is 114 Å². The van der Waals surface area contributed by atoms with Crippen LogP contribution in [0.1, 0.15) is 21.6 Å². The molecule has 0 radical (unpaired) electrons. The number of carbonyl (C=O) groups excluding carboxylic acids is 1. The van der Waals surface area contributed by atoms with E-state index >= 15 is 0 Å². The Bertz CT molecular complexity index is 686. The lowest BCUT2D eigenvalue weighted by molar-refractivity contribution is 0.102. The van der Waals surface area contributed by atoms with Crippen molar-refractivity contribution >= 4 is 17.3 Å². The number of benzene rings is 1. The fraction of sp³-hybridized carbons (Fsp3) is 0.143. The highest BCUT2D eigenvalue weighted by atomic mass is 19.1. The summed E-state index contributed by atoms with van der Waals surface area (Å²) in [5, 5.41) is 2.22. The molecule has 0 aliphatic carbocycles. The Hall–Kier alpha value is -2.50. The van der Waals surface area contributed by atoms with Gasteiger partial charge in [-0.2, -0.15) is 0 Å². The van der Waals surface area contributed by atoms with Crippen molar-refractivity contribution in [2.75, 3.05) is 11.1 Å². The maximum absolute atomic E-state index is 13.8. The van der Waals surface area contributed by atoms with Crippen LogP contribution in [-0.2, 0) is 0 Å². The van der Waals surface area contributed by atoms with Gasteiger partial charge in [0, 0.05) is 0 Å². The third-order valence-electron chi connectivity index (χ3n) is 2.88. The van der Waals surface area contributed by atoms with Crippen molar-refractivity contribution in [3.8, 4) is 0 Å². The van der Waals surface area contributed by atoms with E-state index in [2.05, 4.69) is 10.3 Å². The molecule has 0 aliphatic heterocycles. The molecule has 4 nitrogen and oxygen atoms in total. The van der Waals surface area contributed by atoms with E-state index in [4.69, 9.17) is 5.73 Å². The lowest BCUT2D eigenvalue weighted by atomic mass is 10.1. The molecule has 3 N–H and O–H groups in total. The highest BCUT2D eigenvalue weighted by Crippen LogP contribution is 2.23. The molecule has 0 saturated heterocycles. The van der Waals surface area contributed by atoms with Gasteiger partial charge in [0.25, 0.3) is 5.91 Å². The Kier molecular flexibility index (Phi) is 3.65. The molecule has 0 unspecified atom stereocenters. The van der Waals surface area contributed by atoms with Gasteiger partial charge in [-0.15, -0.1) is 0 Å². The Morgan fingerprint density at radius 1 is 1.30 bits per heavy atom. The second-order valence-corrected chi connectivity index (χ2v) is 4.41. The molecule has 0 spiro atoms. The Balaban J connectivity index is 2.38. The smallest absolute Gasteiger partial charge is 0.257 e. The number of hydrogen-bond acceptors (Lipinski definition) is 3. The summed E-state index contributed by atoms with van der Waals surface area (Å²) >= 11 is 0. The molecule has 0 atom stereocenters. The molecule has 1 heterocycles. The van der Waals surface area contributed by atoms with Gasteiger partial charge in [-0.1, -0.05) is 6.07 Å². The molecule has 1 aromatic carbocycles. The van der Waals surface area contributed by atoms with Crippen molar-refractivity contribution in [2.24, 2.45) is 0 Å². The van der Waals surface area contributed by atoms with Crippen LogP contribution in [-0.4, -0.2) is 10.9 Å². The maximum atomic E-state index is 13.8. The van der Waals surface area contributed by atoms with Crippen LogP contribution in [0.5, 0.6) is 0 Å². The van der Waals surface area contributed by atoms with Crippen molar-refractivity contribution < 1.29 is 13.6 Å². The van der Waals surface area contributed by atoms with Crippen LogP contribution in [0, 0.1) is 25.5 Å². The number of anilines is 2. The third-order valence-corrected chi connectivity index (χ3v) is 2.88. The summed E-state index contributed by atoms with van der Waals surface area (Å²) in [6, 6.07) is 3.80. The number of halogens is 2. The normalized spacial score (nSPS) is 10.4. The van der Waals surface area contributed by atoms with Crippen LogP contribution in [0.2, 0.25) is 0 Å². The number of pyridine rings is 1. The lowest BCUT2D eigenvalue weighted by Crippen LogP contribution is -2.17. The standard InChI is InChI=1S/C14H13F2N3O/c1-7-3-4-11(15)13(12(7)16)19-14(20)10-5-9(17)6-18-8(10)2/h3-6H,17H2,1-2H3,(H,19,20). The lowest BCUT2D eigenvalue weighted by Gasteiger charge is -2.10. The predicted octanol–water partition coefficient (Wildman–Crippen LogP) is 2.81. The van der Waals surface area contributed by atoms with Crippen LogP contribution < -0.4 is 11.1 Å². The molecule has 6 heteroatoms. The summed E-state index contributed by atoms with van der Waals surface area (Å²) in [7, 11) is 0. The largest absolute Gasteiger partial charge is 0.397 e. The fourth-order valence-electron chi connectivity index (χ4n) is 1.73. The highest BCUT2D eigenvalue weighted by Gasteiger charge is 2.17. The van der Waals surface area contributed by atoms with Gasteiger partial charge in [-0.25, -0.2) is 8.78 Å². The molecule has 2 rings (SSSR count). The van der Waals surface area contributed by atoms with E-state index in [1.165, 1.54) is 25.3 Å². The van der Waals surface area contributed by atoms with Crippen LogP contribution in [0.4, 0.5) is 20.2 Å². The Morgan fingerprint density at radius 2 is 2.00 bits per heavy atom. The van der Waals surface area contributed by atoms with Crippen LogP contribution in [0.15, 0.2) is 24.4 Å². The number of aromatic nitrogens is 1. The molecule has 0 aliphatic rings. The van der Waals surface area contributed by atoms with E-state index in [1.54, 1.807) is 6.92 Å². The number of rotatable bonds is 2. The zero-order valence-electron chi connectivity index (χ0n) is 11.0. The molecule has 2 aromatic rings. The van der Waals surface area contributed by atoms with Crippen LogP contribution in [0.25, 0.3) is 0 Å². The van der Waals surface area contributed by atoms with Crippen molar-refractivity contribution in [2.45, 2.75) is 13.8 Å². The monoisotopic (exact) mass is 277 g/mol. The minimum Gasteiger partial charge on any atom is -0.397 e. The van der Waals surface area contributed by atoms with E-state index in [0.717, 1.165) is 6.07 Å². The molecular formula is C14H13F2N3O. The molecule has 1 aromatic heterocycles. The fourth-order valence-corrected chi connectivity index (χ4v) is 1.73. The first-order chi connectivity index (χ1) is 9.40. The molecule has 0 fully saturated rings. The van der Waals surface area contributed by atoms with Crippen molar-refractivity contribution in [1.29, 1.82) is 0 Å². The van der Waals surface area contributed by atoms with Gasteiger partial charge in [0.15, 0.2) is 5.82 Å². The predicted molar refractivity (Wildman–Crippen MR) is 72.4 cm³/mol. The zero-order valence-corrected chi connectivity index (χ0v) is 11.0. The average molecular weight is 277 g/mol. The van der Waals surface area contributed by atoms with Gasteiger partial charge in [-0.3, -0.25) is 9.78 Å². The molecule has 20 heavy (non-hydrogen) atoms. The summed E-state index contributed by atoms with van der Waals surface area (Å²) in [5.41, 5.74) is 6.21. The SMILES string of the molecule is Cc1ccc(F)c(NC(=O)c2cc(N)cnc2C)c1F. The summed E-state index contributed by atoms with van der Waals surface area (Å²) in [6.07, 6.45) is 1.40. The number of hydrogen-bond donors (Lipinski definition) is 2. The van der Waals surface area contributed by atoms with E-state index in [-0.39, 0.29) is 11.1 Å². The van der Waals surface area contributed by atoms with Crippen molar-refractivity contribution in [3.05, 3.63) is 52.9 Å². The minimum atomic E-state index is -0.837. The van der Waals surface area contributed by atoms with Gasteiger partial charge in [0.2, 0.25) is 0 Å². The number of amides is 1. The number of nitrogens with two attached hydrogens (primary N) is 1. The second-order valence-electron chi connectivity index (χ2n) is 4.41. The first kappa shape index (κ1) is 13.9. The first-order valence-electron chi connectivity index (χ1n) is 5.88. The van der Waals surface area contributed by atoms with Gasteiger partial charge in [0.05, 0.1) is 23.1 Å². The molecule has 0 bridgehead atoms. The van der Waals surface area contributed by atoms with Crippen LogP contribution >= 0.6 is 0 Å². The van der Waals surface area contributed by atoms with E-state index in [0.29, 0.717) is 11.4 Å². The van der Waals surface area contributed by atoms with Crippen LogP contribution in [0.3, 0.4) is 0 Å². The molecular weight excluding hydrogens is 264 g/mol. The van der Waals surface area contributed by atoms with Gasteiger partial charge < -0.3 is 11.1 Å². The second kappa shape index (κ2) is 5.24. The third kappa shape index (κ3) is 2.59. The maximum Gasteiger partial charge on any atom is 0.257 e. The van der Waals surface area contributed by atoms with E-state index < -0.39 is 23.2 Å². The molecule has 0 saturated carbocycles. The van der Waals surface area contributed by atoms with Gasteiger partial charge in [0.1, 0.15) is 11.5 Å². The summed E-state index contributed by atoms with van der Waals surface area (Å²) < 4.78 is 27.4. The van der Waals surface area contributed by atoms with Gasteiger partial charge in [-0.05, 0) is 31.5 Å². The summed E-state index contributed by atoms with van der Waals surface area (Å²) in [4.78, 5) is 16.0. The molecule has 1 amide bonds. The zero-order chi connectivity index (χ0) is 14.9. The Morgan fingerprint density at radius 3 is 2.70 bits per heavy atom. The number of carbonyl (C=O) groups is 1. The quantitative estimate of drug-likeness (QED) is 0.887. The minimum absolute atomic E-state index is 0.172. The van der Waals surface area contributed by atoms with Crippen molar-refractivity contribution in [1.82, 2.24) is 4.98 Å². The van der Waals surface area contributed by atoms with E-state index in [9.17, 15) is 13.6 Å². The average Bonchev–Trinajstić information content (AvgIpc) is 2.41. The topological polar surface area (TPSA) is 68.0 Å². The first-order valence-corrected chi connectivity index (χ1v) is 5.88. The van der Waals surface area contributed by atoms with Gasteiger partial charge >= 0.3 is 0 Å².